The number of alkyl halides is 4. The first-order valence-corrected chi connectivity index (χ1v) is 6.01. The largest absolute Gasteiger partial charge is 0.416 e. The minimum Gasteiger partial charge on any atom is -0.166 e. The summed E-state index contributed by atoms with van der Waals surface area (Å²) < 4.78 is 36.8. The molecule has 0 heterocycles. The van der Waals surface area contributed by atoms with Gasteiger partial charge in [0.15, 0.2) is 0 Å². The van der Waals surface area contributed by atoms with E-state index in [-0.39, 0.29) is 0 Å². The molecule has 0 spiro atoms. The van der Waals surface area contributed by atoms with Gasteiger partial charge in [0.1, 0.15) is 0 Å². The molecule has 78 valence electrons. The summed E-state index contributed by atoms with van der Waals surface area (Å²) in [6, 6.07) is 5.37. The van der Waals surface area contributed by atoms with Gasteiger partial charge >= 0.3 is 6.18 Å². The number of halogens is 4. The number of rotatable bonds is 3. The maximum atomic E-state index is 12.3. The molecule has 0 unspecified atom stereocenters. The summed E-state index contributed by atoms with van der Waals surface area (Å²) in [7, 11) is 0. The van der Waals surface area contributed by atoms with E-state index >= 15 is 0 Å². The summed E-state index contributed by atoms with van der Waals surface area (Å²) in [6.45, 7) is 0. The van der Waals surface area contributed by atoms with Crippen LogP contribution in [-0.4, -0.2) is 11.1 Å². The van der Waals surface area contributed by atoms with Gasteiger partial charge in [-0.2, -0.15) is 13.2 Å². The maximum Gasteiger partial charge on any atom is 0.416 e. The molecule has 0 atom stereocenters. The average Bonchev–Trinajstić information content (AvgIpc) is 2.14. The van der Waals surface area contributed by atoms with Gasteiger partial charge < -0.3 is 0 Å². The normalized spacial score (nSPS) is 11.7. The highest BCUT2D eigenvalue weighted by Gasteiger charge is 2.30. The molecule has 1 rings (SSSR count). The third kappa shape index (κ3) is 3.53. The SMILES string of the molecule is FC(F)(F)c1cccc(SCCBr)c1. The Morgan fingerprint density at radius 2 is 2.00 bits per heavy atom. The third-order valence-corrected chi connectivity index (χ3v) is 3.42. The van der Waals surface area contributed by atoms with Crippen molar-refractivity contribution in [2.75, 3.05) is 11.1 Å². The van der Waals surface area contributed by atoms with E-state index in [1.165, 1.54) is 23.9 Å². The van der Waals surface area contributed by atoms with Gasteiger partial charge in [0.2, 0.25) is 0 Å². The molecule has 0 N–H and O–H groups in total. The van der Waals surface area contributed by atoms with Crippen LogP contribution in [0.1, 0.15) is 5.56 Å². The van der Waals surface area contributed by atoms with E-state index in [0.717, 1.165) is 17.1 Å². The standard InChI is InChI=1S/C9H8BrF3S/c10-4-5-14-8-3-1-2-7(6-8)9(11,12)13/h1-3,6H,4-5H2. The minimum atomic E-state index is -4.25. The zero-order valence-corrected chi connectivity index (χ0v) is 9.55. The van der Waals surface area contributed by atoms with Crippen molar-refractivity contribution in [3.63, 3.8) is 0 Å². The second-order valence-electron chi connectivity index (χ2n) is 2.56. The van der Waals surface area contributed by atoms with Crippen LogP contribution in [0.2, 0.25) is 0 Å². The summed E-state index contributed by atoms with van der Waals surface area (Å²) in [5.74, 6) is 0.765. The maximum absolute atomic E-state index is 12.3. The average molecular weight is 285 g/mol. The van der Waals surface area contributed by atoms with Crippen molar-refractivity contribution in [1.29, 1.82) is 0 Å². The molecule has 0 aliphatic carbocycles. The third-order valence-electron chi connectivity index (χ3n) is 1.51. The second-order valence-corrected chi connectivity index (χ2v) is 4.52. The number of hydrogen-bond donors (Lipinski definition) is 0. The van der Waals surface area contributed by atoms with Crippen molar-refractivity contribution >= 4 is 27.7 Å². The Labute approximate surface area is 93.0 Å². The first kappa shape index (κ1) is 11.9. The summed E-state index contributed by atoms with van der Waals surface area (Å²) in [5, 5.41) is 0.772. The highest BCUT2D eigenvalue weighted by molar-refractivity contribution is 9.09. The Morgan fingerprint density at radius 3 is 2.57 bits per heavy atom. The van der Waals surface area contributed by atoms with E-state index in [9.17, 15) is 13.2 Å². The molecular formula is C9H8BrF3S. The van der Waals surface area contributed by atoms with Crippen LogP contribution in [0.4, 0.5) is 13.2 Å². The highest BCUT2D eigenvalue weighted by Crippen LogP contribution is 2.31. The number of hydrogen-bond acceptors (Lipinski definition) is 1. The lowest BCUT2D eigenvalue weighted by atomic mass is 10.2. The van der Waals surface area contributed by atoms with Gasteiger partial charge in [-0.25, -0.2) is 0 Å². The molecule has 0 bridgehead atoms. The van der Waals surface area contributed by atoms with Crippen LogP contribution in [0.25, 0.3) is 0 Å². The van der Waals surface area contributed by atoms with Crippen LogP contribution in [0, 0.1) is 0 Å². The van der Waals surface area contributed by atoms with E-state index in [1.54, 1.807) is 6.07 Å². The fraction of sp³-hybridized carbons (Fsp3) is 0.333. The second kappa shape index (κ2) is 5.07. The molecule has 0 saturated heterocycles. The Hall–Kier alpha value is -0.160. The smallest absolute Gasteiger partial charge is 0.166 e. The van der Waals surface area contributed by atoms with Crippen molar-refractivity contribution in [3.05, 3.63) is 29.8 Å². The molecule has 1 aromatic carbocycles. The van der Waals surface area contributed by atoms with E-state index < -0.39 is 11.7 Å². The summed E-state index contributed by atoms with van der Waals surface area (Å²) in [4.78, 5) is 0.652. The van der Waals surface area contributed by atoms with Gasteiger partial charge in [0, 0.05) is 16.0 Å². The van der Waals surface area contributed by atoms with E-state index in [2.05, 4.69) is 15.9 Å². The topological polar surface area (TPSA) is 0 Å². The molecule has 1 aromatic rings. The van der Waals surface area contributed by atoms with Crippen LogP contribution in [0.5, 0.6) is 0 Å². The van der Waals surface area contributed by atoms with Gasteiger partial charge in [0.25, 0.3) is 0 Å². The van der Waals surface area contributed by atoms with Crippen molar-refractivity contribution in [3.8, 4) is 0 Å². The molecule has 0 fully saturated rings. The van der Waals surface area contributed by atoms with Gasteiger partial charge in [-0.1, -0.05) is 22.0 Å². The Morgan fingerprint density at radius 1 is 1.29 bits per heavy atom. The molecule has 5 heteroatoms. The lowest BCUT2D eigenvalue weighted by Crippen LogP contribution is -2.04. The Balaban J connectivity index is 2.79. The van der Waals surface area contributed by atoms with Crippen LogP contribution in [0.15, 0.2) is 29.2 Å². The fourth-order valence-corrected chi connectivity index (χ4v) is 2.10. The van der Waals surface area contributed by atoms with Gasteiger partial charge in [0.05, 0.1) is 5.56 Å². The van der Waals surface area contributed by atoms with Crippen LogP contribution in [-0.2, 0) is 6.18 Å². The van der Waals surface area contributed by atoms with E-state index in [4.69, 9.17) is 0 Å². The molecule has 0 amide bonds. The Kier molecular flexibility index (Phi) is 4.31. The number of thioether (sulfide) groups is 1. The van der Waals surface area contributed by atoms with Crippen LogP contribution in [0.3, 0.4) is 0 Å². The van der Waals surface area contributed by atoms with Crippen LogP contribution >= 0.6 is 27.7 Å². The Bertz CT molecular complexity index is 298. The zero-order chi connectivity index (χ0) is 10.6. The molecule has 0 aliphatic rings. The van der Waals surface area contributed by atoms with Gasteiger partial charge in [-0.3, -0.25) is 0 Å². The van der Waals surface area contributed by atoms with E-state index in [1.807, 2.05) is 0 Å². The van der Waals surface area contributed by atoms with E-state index in [0.29, 0.717) is 4.90 Å². The zero-order valence-electron chi connectivity index (χ0n) is 7.14. The lowest BCUT2D eigenvalue weighted by Gasteiger charge is -2.07. The minimum absolute atomic E-state index is 0.586. The lowest BCUT2D eigenvalue weighted by molar-refractivity contribution is -0.137. The van der Waals surface area contributed by atoms with Gasteiger partial charge in [-0.05, 0) is 18.2 Å². The molecule has 0 saturated carbocycles. The van der Waals surface area contributed by atoms with Crippen molar-refractivity contribution in [1.82, 2.24) is 0 Å². The molecular weight excluding hydrogens is 277 g/mol. The molecule has 0 aromatic heterocycles. The summed E-state index contributed by atoms with van der Waals surface area (Å²) >= 11 is 4.63. The van der Waals surface area contributed by atoms with Gasteiger partial charge in [-0.15, -0.1) is 11.8 Å². The predicted molar refractivity (Wildman–Crippen MR) is 56.0 cm³/mol. The van der Waals surface area contributed by atoms with Crippen molar-refractivity contribution in [2.24, 2.45) is 0 Å². The molecule has 14 heavy (non-hydrogen) atoms. The molecule has 0 nitrogen and oxygen atoms in total. The number of benzene rings is 1. The summed E-state index contributed by atoms with van der Waals surface area (Å²) in [5.41, 5.74) is -0.586. The first-order chi connectivity index (χ1) is 6.54. The van der Waals surface area contributed by atoms with Crippen molar-refractivity contribution in [2.45, 2.75) is 11.1 Å². The molecule has 0 radical (unpaired) electrons. The van der Waals surface area contributed by atoms with Crippen molar-refractivity contribution < 1.29 is 13.2 Å². The predicted octanol–water partition coefficient (Wildman–Crippen LogP) is 4.19. The highest BCUT2D eigenvalue weighted by atomic mass is 79.9. The quantitative estimate of drug-likeness (QED) is 0.592. The monoisotopic (exact) mass is 284 g/mol. The summed E-state index contributed by atoms with van der Waals surface area (Å²) in [6.07, 6.45) is -4.25. The van der Waals surface area contributed by atoms with Crippen LogP contribution < -0.4 is 0 Å². The first-order valence-electron chi connectivity index (χ1n) is 3.90. The molecule has 0 aliphatic heterocycles. The fourth-order valence-electron chi connectivity index (χ4n) is 0.919.